The molecule has 1 heterocycles. The van der Waals surface area contributed by atoms with E-state index in [0.717, 1.165) is 38.2 Å². The maximum atomic E-state index is 8.74. The van der Waals surface area contributed by atoms with E-state index in [1.165, 1.54) is 0 Å². The van der Waals surface area contributed by atoms with Crippen LogP contribution < -0.4 is 10.5 Å². The molecule has 0 radical (unpaired) electrons. The summed E-state index contributed by atoms with van der Waals surface area (Å²) in [7, 11) is 0. The molecule has 0 spiro atoms. The minimum absolute atomic E-state index is 0.357. The van der Waals surface area contributed by atoms with Gasteiger partial charge in [-0.2, -0.15) is 5.26 Å². The third-order valence-corrected chi connectivity index (χ3v) is 4.06. The molecule has 2 rings (SSSR count). The Balaban J connectivity index is 1.74. The van der Waals surface area contributed by atoms with Gasteiger partial charge in [-0.1, -0.05) is 13.3 Å². The van der Waals surface area contributed by atoms with Crippen LogP contribution in [-0.2, 0) is 0 Å². The average molecular weight is 273 g/mol. The Kier molecular flexibility index (Phi) is 5.40. The van der Waals surface area contributed by atoms with Crippen LogP contribution in [0.2, 0.25) is 0 Å². The SMILES string of the molecule is CCC1CN(CCOc2ccc(C#N)cc2)CCC1N. The molecular weight excluding hydrogens is 250 g/mol. The van der Waals surface area contributed by atoms with Gasteiger partial charge in [0.15, 0.2) is 0 Å². The quantitative estimate of drug-likeness (QED) is 0.891. The fraction of sp³-hybridized carbons (Fsp3) is 0.562. The number of nitrogens with zero attached hydrogens (tertiary/aromatic N) is 2. The molecule has 1 aliphatic heterocycles. The minimum Gasteiger partial charge on any atom is -0.492 e. The number of benzene rings is 1. The van der Waals surface area contributed by atoms with Crippen LogP contribution in [0.25, 0.3) is 0 Å². The van der Waals surface area contributed by atoms with Gasteiger partial charge in [-0.05, 0) is 43.1 Å². The van der Waals surface area contributed by atoms with E-state index < -0.39 is 0 Å². The number of ether oxygens (including phenoxy) is 1. The van der Waals surface area contributed by atoms with E-state index in [1.54, 1.807) is 12.1 Å². The summed E-state index contributed by atoms with van der Waals surface area (Å²) in [5, 5.41) is 8.74. The van der Waals surface area contributed by atoms with Gasteiger partial charge >= 0.3 is 0 Å². The molecule has 0 bridgehead atoms. The second-order valence-electron chi connectivity index (χ2n) is 5.41. The molecule has 20 heavy (non-hydrogen) atoms. The summed E-state index contributed by atoms with van der Waals surface area (Å²) in [4.78, 5) is 2.43. The minimum atomic E-state index is 0.357. The van der Waals surface area contributed by atoms with Crippen molar-refractivity contribution in [2.75, 3.05) is 26.2 Å². The van der Waals surface area contributed by atoms with Gasteiger partial charge in [-0.3, -0.25) is 4.90 Å². The molecule has 4 heteroatoms. The molecule has 1 aromatic rings. The summed E-state index contributed by atoms with van der Waals surface area (Å²) in [5.74, 6) is 1.43. The van der Waals surface area contributed by atoms with E-state index >= 15 is 0 Å². The fourth-order valence-corrected chi connectivity index (χ4v) is 2.68. The zero-order valence-electron chi connectivity index (χ0n) is 12.1. The van der Waals surface area contributed by atoms with Crippen molar-refractivity contribution in [1.82, 2.24) is 4.90 Å². The van der Waals surface area contributed by atoms with Crippen molar-refractivity contribution in [3.05, 3.63) is 29.8 Å². The largest absolute Gasteiger partial charge is 0.492 e. The summed E-state index contributed by atoms with van der Waals surface area (Å²) in [6, 6.07) is 9.71. The first-order chi connectivity index (χ1) is 9.72. The molecule has 1 saturated heterocycles. The molecule has 1 aliphatic rings. The topological polar surface area (TPSA) is 62.3 Å². The molecule has 0 aromatic heterocycles. The molecule has 4 nitrogen and oxygen atoms in total. The van der Waals surface area contributed by atoms with Crippen molar-refractivity contribution in [3.63, 3.8) is 0 Å². The molecule has 0 aliphatic carbocycles. The molecule has 108 valence electrons. The van der Waals surface area contributed by atoms with E-state index in [1.807, 2.05) is 12.1 Å². The smallest absolute Gasteiger partial charge is 0.119 e. The standard InChI is InChI=1S/C16H23N3O/c1-2-14-12-19(8-7-16(14)18)9-10-20-15-5-3-13(11-17)4-6-15/h3-6,14,16H,2,7-10,12,18H2,1H3. The lowest BCUT2D eigenvalue weighted by atomic mass is 9.91. The summed E-state index contributed by atoms with van der Waals surface area (Å²) < 4.78 is 5.72. The number of piperidine rings is 1. The highest BCUT2D eigenvalue weighted by molar-refractivity contribution is 5.34. The highest BCUT2D eigenvalue weighted by Crippen LogP contribution is 2.18. The molecule has 2 unspecified atom stereocenters. The number of hydrogen-bond acceptors (Lipinski definition) is 4. The Bertz CT molecular complexity index is 452. The van der Waals surface area contributed by atoms with Crippen LogP contribution in [0.3, 0.4) is 0 Å². The zero-order valence-corrected chi connectivity index (χ0v) is 12.1. The van der Waals surface area contributed by atoms with Crippen molar-refractivity contribution < 1.29 is 4.74 Å². The molecule has 1 fully saturated rings. The van der Waals surface area contributed by atoms with Gasteiger partial charge in [0, 0.05) is 19.1 Å². The van der Waals surface area contributed by atoms with Crippen LogP contribution in [0.1, 0.15) is 25.3 Å². The van der Waals surface area contributed by atoms with Crippen molar-refractivity contribution in [2.45, 2.75) is 25.8 Å². The van der Waals surface area contributed by atoms with E-state index in [2.05, 4.69) is 17.9 Å². The fourth-order valence-electron chi connectivity index (χ4n) is 2.68. The first kappa shape index (κ1) is 14.8. The molecule has 1 aromatic carbocycles. The van der Waals surface area contributed by atoms with E-state index in [9.17, 15) is 0 Å². The molecule has 2 N–H and O–H groups in total. The van der Waals surface area contributed by atoms with Gasteiger partial charge in [0.25, 0.3) is 0 Å². The lowest BCUT2D eigenvalue weighted by Crippen LogP contribution is -2.47. The van der Waals surface area contributed by atoms with E-state index in [4.69, 9.17) is 15.7 Å². The zero-order chi connectivity index (χ0) is 14.4. The maximum absolute atomic E-state index is 8.74. The van der Waals surface area contributed by atoms with Gasteiger partial charge in [0.2, 0.25) is 0 Å². The monoisotopic (exact) mass is 273 g/mol. The Labute approximate surface area is 121 Å². The lowest BCUT2D eigenvalue weighted by molar-refractivity contribution is 0.130. The third kappa shape index (κ3) is 3.96. The maximum Gasteiger partial charge on any atom is 0.119 e. The number of rotatable bonds is 5. The van der Waals surface area contributed by atoms with Crippen LogP contribution in [0.15, 0.2) is 24.3 Å². The molecule has 2 atom stereocenters. The summed E-state index contributed by atoms with van der Waals surface area (Å²) >= 11 is 0. The predicted molar refractivity (Wildman–Crippen MR) is 79.5 cm³/mol. The van der Waals surface area contributed by atoms with Crippen LogP contribution in [0, 0.1) is 17.2 Å². The van der Waals surface area contributed by atoms with Gasteiger partial charge in [0.1, 0.15) is 12.4 Å². The number of hydrogen-bond donors (Lipinski definition) is 1. The first-order valence-electron chi connectivity index (χ1n) is 7.33. The average Bonchev–Trinajstić information content (AvgIpc) is 2.49. The Morgan fingerprint density at radius 1 is 1.40 bits per heavy atom. The lowest BCUT2D eigenvalue weighted by Gasteiger charge is -2.36. The second kappa shape index (κ2) is 7.28. The Morgan fingerprint density at radius 2 is 2.15 bits per heavy atom. The highest BCUT2D eigenvalue weighted by Gasteiger charge is 2.24. The van der Waals surface area contributed by atoms with Gasteiger partial charge < -0.3 is 10.5 Å². The van der Waals surface area contributed by atoms with Gasteiger partial charge in [0.05, 0.1) is 11.6 Å². The van der Waals surface area contributed by atoms with Crippen molar-refractivity contribution >= 4 is 0 Å². The summed E-state index contributed by atoms with van der Waals surface area (Å²) in [6.45, 7) is 5.96. The number of nitriles is 1. The summed E-state index contributed by atoms with van der Waals surface area (Å²) in [5.41, 5.74) is 6.77. The summed E-state index contributed by atoms with van der Waals surface area (Å²) in [6.07, 6.45) is 2.23. The first-order valence-corrected chi connectivity index (χ1v) is 7.33. The van der Waals surface area contributed by atoms with Crippen LogP contribution in [0.4, 0.5) is 0 Å². The van der Waals surface area contributed by atoms with Crippen LogP contribution in [-0.4, -0.2) is 37.2 Å². The van der Waals surface area contributed by atoms with Crippen molar-refractivity contribution in [3.8, 4) is 11.8 Å². The third-order valence-electron chi connectivity index (χ3n) is 4.06. The number of likely N-dealkylation sites (tertiary alicyclic amines) is 1. The second-order valence-corrected chi connectivity index (χ2v) is 5.41. The van der Waals surface area contributed by atoms with Gasteiger partial charge in [-0.15, -0.1) is 0 Å². The number of nitrogens with two attached hydrogens (primary N) is 1. The Morgan fingerprint density at radius 3 is 2.80 bits per heavy atom. The van der Waals surface area contributed by atoms with E-state index in [-0.39, 0.29) is 0 Å². The normalized spacial score (nSPS) is 23.2. The Hall–Kier alpha value is -1.57. The predicted octanol–water partition coefficient (Wildman–Crippen LogP) is 2.00. The molecule has 0 saturated carbocycles. The van der Waals surface area contributed by atoms with Gasteiger partial charge in [-0.25, -0.2) is 0 Å². The van der Waals surface area contributed by atoms with Crippen LogP contribution >= 0.6 is 0 Å². The molecular formula is C16H23N3O. The van der Waals surface area contributed by atoms with E-state index in [0.29, 0.717) is 24.1 Å². The van der Waals surface area contributed by atoms with Crippen molar-refractivity contribution in [1.29, 1.82) is 5.26 Å². The van der Waals surface area contributed by atoms with Crippen molar-refractivity contribution in [2.24, 2.45) is 11.7 Å². The van der Waals surface area contributed by atoms with Crippen LogP contribution in [0.5, 0.6) is 5.75 Å². The highest BCUT2D eigenvalue weighted by atomic mass is 16.5. The molecule has 0 amide bonds.